The van der Waals surface area contributed by atoms with E-state index in [1.54, 1.807) is 0 Å². The second-order valence-electron chi connectivity index (χ2n) is 5.05. The average molecular weight is 249 g/mol. The number of fused-ring (bicyclic) bond motifs is 2. The van der Waals surface area contributed by atoms with Crippen LogP contribution in [0.3, 0.4) is 0 Å². The van der Waals surface area contributed by atoms with Gasteiger partial charge in [-0.25, -0.2) is 0 Å². The summed E-state index contributed by atoms with van der Waals surface area (Å²) in [5.41, 5.74) is 0.346. The third-order valence-corrected chi connectivity index (χ3v) is 5.17. The van der Waals surface area contributed by atoms with Crippen LogP contribution in [0.2, 0.25) is 0 Å². The van der Waals surface area contributed by atoms with Gasteiger partial charge in [0.15, 0.2) is 0 Å². The molecule has 3 heterocycles. The van der Waals surface area contributed by atoms with E-state index in [1.807, 2.05) is 18.4 Å². The third kappa shape index (κ3) is 1.46. The van der Waals surface area contributed by atoms with E-state index in [0.717, 1.165) is 23.3 Å². The van der Waals surface area contributed by atoms with Gasteiger partial charge in [-0.3, -0.25) is 0 Å². The fourth-order valence-corrected chi connectivity index (χ4v) is 4.12. The number of aryl methyl sites for hydroxylation is 1. The highest BCUT2D eigenvalue weighted by Gasteiger charge is 2.57. The molecule has 0 radical (unpaired) electrons. The normalized spacial score (nSPS) is 37.0. The van der Waals surface area contributed by atoms with E-state index in [-0.39, 0.29) is 12.2 Å². The van der Waals surface area contributed by atoms with Gasteiger partial charge in [-0.1, -0.05) is 0 Å². The number of nitrogens with zero attached hydrogens (tertiary/aromatic N) is 1. The molecule has 2 aliphatic heterocycles. The second-order valence-corrected chi connectivity index (χ2v) is 6.00. The minimum atomic E-state index is -0.724. The van der Waals surface area contributed by atoms with Crippen LogP contribution in [-0.4, -0.2) is 17.3 Å². The number of aliphatic hydroxyl groups is 1. The molecule has 3 rings (SSSR count). The zero-order chi connectivity index (χ0) is 12.0. The number of aliphatic hydroxyl groups excluding tert-OH is 1. The van der Waals surface area contributed by atoms with Crippen molar-refractivity contribution in [2.75, 3.05) is 0 Å². The summed E-state index contributed by atoms with van der Waals surface area (Å²) in [6.07, 6.45) is 1.99. The lowest BCUT2D eigenvalue weighted by Gasteiger charge is -2.32. The van der Waals surface area contributed by atoms with Crippen LogP contribution in [0.25, 0.3) is 0 Å². The van der Waals surface area contributed by atoms with Gasteiger partial charge in [0.1, 0.15) is 11.5 Å². The molecule has 2 aliphatic rings. The van der Waals surface area contributed by atoms with Crippen LogP contribution in [0.15, 0.2) is 11.4 Å². The quantitative estimate of drug-likeness (QED) is 0.876. The monoisotopic (exact) mass is 249 g/mol. The molecule has 0 saturated carbocycles. The van der Waals surface area contributed by atoms with E-state index in [4.69, 9.17) is 4.74 Å². The summed E-state index contributed by atoms with van der Waals surface area (Å²) in [6, 6.07) is 4.34. The maximum Gasteiger partial charge on any atom is 0.117 e. The molecular weight excluding hydrogens is 234 g/mol. The summed E-state index contributed by atoms with van der Waals surface area (Å²) in [4.78, 5) is 0.919. The smallest absolute Gasteiger partial charge is 0.117 e. The first kappa shape index (κ1) is 11.2. The van der Waals surface area contributed by atoms with Gasteiger partial charge in [-0.15, -0.1) is 11.3 Å². The molecule has 2 bridgehead atoms. The SMILES string of the molecule is Cc1ccsc1C(O)C1(C#N)CC2CCC1O2. The zero-order valence-electron chi connectivity index (χ0n) is 9.72. The first-order valence-electron chi connectivity index (χ1n) is 5.96. The first-order valence-corrected chi connectivity index (χ1v) is 6.84. The van der Waals surface area contributed by atoms with Crippen molar-refractivity contribution in [3.63, 3.8) is 0 Å². The Hall–Kier alpha value is -0.890. The molecule has 4 atom stereocenters. The molecule has 2 saturated heterocycles. The molecule has 90 valence electrons. The molecule has 0 amide bonds. The number of ether oxygens (including phenoxy) is 1. The summed E-state index contributed by atoms with van der Waals surface area (Å²) >= 11 is 1.53. The molecule has 4 heteroatoms. The van der Waals surface area contributed by atoms with Gasteiger partial charge >= 0.3 is 0 Å². The lowest BCUT2D eigenvalue weighted by atomic mass is 9.70. The summed E-state index contributed by atoms with van der Waals surface area (Å²) in [5, 5.41) is 22.0. The summed E-state index contributed by atoms with van der Waals surface area (Å²) in [7, 11) is 0. The van der Waals surface area contributed by atoms with Crippen molar-refractivity contribution < 1.29 is 9.84 Å². The van der Waals surface area contributed by atoms with E-state index >= 15 is 0 Å². The fourth-order valence-electron chi connectivity index (χ4n) is 3.11. The fraction of sp³-hybridized carbons (Fsp3) is 0.615. The van der Waals surface area contributed by atoms with Crippen LogP contribution in [0.4, 0.5) is 0 Å². The molecule has 1 aromatic heterocycles. The molecule has 0 aliphatic carbocycles. The van der Waals surface area contributed by atoms with Crippen molar-refractivity contribution in [1.29, 1.82) is 5.26 Å². The van der Waals surface area contributed by atoms with Crippen molar-refractivity contribution in [2.24, 2.45) is 5.41 Å². The van der Waals surface area contributed by atoms with Crippen LogP contribution in [0.5, 0.6) is 0 Å². The lowest BCUT2D eigenvalue weighted by molar-refractivity contribution is 0.00500. The molecular formula is C13H15NO2S. The predicted molar refractivity (Wildman–Crippen MR) is 64.6 cm³/mol. The molecule has 2 fully saturated rings. The number of nitriles is 1. The summed E-state index contributed by atoms with van der Waals surface area (Å²) in [5.74, 6) is 0. The van der Waals surface area contributed by atoms with Gasteiger partial charge in [0.2, 0.25) is 0 Å². The third-order valence-electron chi connectivity index (χ3n) is 4.09. The van der Waals surface area contributed by atoms with Crippen molar-refractivity contribution in [3.05, 3.63) is 21.9 Å². The molecule has 1 aromatic rings. The van der Waals surface area contributed by atoms with Crippen LogP contribution in [0.1, 0.15) is 35.8 Å². The Morgan fingerprint density at radius 3 is 2.94 bits per heavy atom. The highest BCUT2D eigenvalue weighted by molar-refractivity contribution is 7.10. The van der Waals surface area contributed by atoms with Gasteiger partial charge in [-0.05, 0) is 43.2 Å². The predicted octanol–water partition coefficient (Wildman–Crippen LogP) is 2.55. The zero-order valence-corrected chi connectivity index (χ0v) is 10.5. The van der Waals surface area contributed by atoms with Crippen LogP contribution in [-0.2, 0) is 4.74 Å². The van der Waals surface area contributed by atoms with E-state index in [9.17, 15) is 10.4 Å². The van der Waals surface area contributed by atoms with E-state index in [2.05, 4.69) is 6.07 Å². The first-order chi connectivity index (χ1) is 8.17. The maximum atomic E-state index is 10.6. The minimum absolute atomic E-state index is 0.0889. The molecule has 4 unspecified atom stereocenters. The van der Waals surface area contributed by atoms with Crippen molar-refractivity contribution in [2.45, 2.75) is 44.5 Å². The topological polar surface area (TPSA) is 53.2 Å². The van der Waals surface area contributed by atoms with Gasteiger partial charge in [0, 0.05) is 4.88 Å². The van der Waals surface area contributed by atoms with E-state index in [0.29, 0.717) is 6.42 Å². The number of hydrogen-bond donors (Lipinski definition) is 1. The Morgan fingerprint density at radius 2 is 2.47 bits per heavy atom. The van der Waals surface area contributed by atoms with E-state index < -0.39 is 11.5 Å². The van der Waals surface area contributed by atoms with Crippen molar-refractivity contribution >= 4 is 11.3 Å². The second kappa shape index (κ2) is 3.81. The van der Waals surface area contributed by atoms with Crippen LogP contribution < -0.4 is 0 Å². The van der Waals surface area contributed by atoms with Crippen molar-refractivity contribution in [1.82, 2.24) is 0 Å². The van der Waals surface area contributed by atoms with Crippen molar-refractivity contribution in [3.8, 4) is 6.07 Å². The Bertz CT molecular complexity index is 478. The molecule has 1 N–H and O–H groups in total. The number of thiophene rings is 1. The highest BCUT2D eigenvalue weighted by atomic mass is 32.1. The van der Waals surface area contributed by atoms with Crippen LogP contribution >= 0.6 is 11.3 Å². The summed E-state index contributed by atoms with van der Waals surface area (Å²) in [6.45, 7) is 1.98. The minimum Gasteiger partial charge on any atom is -0.386 e. The maximum absolute atomic E-state index is 10.6. The number of rotatable bonds is 2. The standard InChI is InChI=1S/C13H15NO2S/c1-8-4-5-17-11(8)12(15)13(7-14)6-9-2-3-10(13)16-9/h4-5,9-10,12,15H,2-3,6H2,1H3. The molecule has 3 nitrogen and oxygen atoms in total. The Morgan fingerprint density at radius 1 is 1.65 bits per heavy atom. The van der Waals surface area contributed by atoms with E-state index in [1.165, 1.54) is 11.3 Å². The van der Waals surface area contributed by atoms with Gasteiger partial charge in [-0.2, -0.15) is 5.26 Å². The average Bonchev–Trinajstić information content (AvgIpc) is 3.02. The Labute approximate surface area is 105 Å². The highest BCUT2D eigenvalue weighted by Crippen LogP contribution is 2.54. The largest absolute Gasteiger partial charge is 0.386 e. The number of hydrogen-bond acceptors (Lipinski definition) is 4. The molecule has 17 heavy (non-hydrogen) atoms. The molecule has 0 spiro atoms. The van der Waals surface area contributed by atoms with Crippen LogP contribution in [0, 0.1) is 23.7 Å². The van der Waals surface area contributed by atoms with Gasteiger partial charge < -0.3 is 9.84 Å². The lowest BCUT2D eigenvalue weighted by Crippen LogP contribution is -2.37. The molecule has 0 aromatic carbocycles. The summed E-state index contributed by atoms with van der Waals surface area (Å²) < 4.78 is 5.76. The Balaban J connectivity index is 1.97. The Kier molecular flexibility index (Phi) is 2.51. The van der Waals surface area contributed by atoms with Gasteiger partial charge in [0.05, 0.1) is 18.3 Å². The van der Waals surface area contributed by atoms with Gasteiger partial charge in [0.25, 0.3) is 0 Å².